The normalized spacial score (nSPS) is 27.5. The van der Waals surface area contributed by atoms with Gasteiger partial charge in [0.05, 0.1) is 6.33 Å². The molecule has 1 heterocycles. The Morgan fingerprint density at radius 3 is 3.17 bits per heavy atom. The van der Waals surface area contributed by atoms with Crippen LogP contribution in [0.4, 0.5) is 0 Å². The fraction of sp³-hybridized carbons (Fsp3) is 0.667. The first-order valence-corrected chi connectivity index (χ1v) is 4.47. The zero-order valence-corrected chi connectivity index (χ0v) is 7.27. The third-order valence-electron chi connectivity index (χ3n) is 2.62. The average Bonchev–Trinajstić information content (AvgIpc) is 2.74. The van der Waals surface area contributed by atoms with E-state index in [4.69, 9.17) is 5.11 Å². The molecule has 1 saturated carbocycles. The highest BCUT2D eigenvalue weighted by Crippen LogP contribution is 2.46. The van der Waals surface area contributed by atoms with Gasteiger partial charge in [-0.05, 0) is 19.3 Å². The molecule has 0 spiro atoms. The van der Waals surface area contributed by atoms with Crippen molar-refractivity contribution in [3.05, 3.63) is 18.2 Å². The highest BCUT2D eigenvalue weighted by molar-refractivity contribution is 5.16. The zero-order valence-electron chi connectivity index (χ0n) is 7.27. The second-order valence-electron chi connectivity index (χ2n) is 3.39. The lowest BCUT2D eigenvalue weighted by molar-refractivity contribution is 0.273. The van der Waals surface area contributed by atoms with Gasteiger partial charge in [0.15, 0.2) is 0 Å². The second kappa shape index (κ2) is 2.90. The third-order valence-corrected chi connectivity index (χ3v) is 2.62. The molecule has 66 valence electrons. The topological polar surface area (TPSA) is 38.0 Å². The quantitative estimate of drug-likeness (QED) is 0.727. The van der Waals surface area contributed by atoms with Gasteiger partial charge in [-0.3, -0.25) is 0 Å². The first-order valence-electron chi connectivity index (χ1n) is 4.47. The summed E-state index contributed by atoms with van der Waals surface area (Å²) >= 11 is 0. The minimum absolute atomic E-state index is 0.319. The molecule has 0 aliphatic heterocycles. The van der Waals surface area contributed by atoms with E-state index in [-0.39, 0.29) is 0 Å². The van der Waals surface area contributed by atoms with Crippen LogP contribution in [-0.2, 0) is 6.54 Å². The van der Waals surface area contributed by atoms with E-state index >= 15 is 0 Å². The van der Waals surface area contributed by atoms with E-state index < -0.39 is 0 Å². The van der Waals surface area contributed by atoms with Crippen LogP contribution in [0.2, 0.25) is 0 Å². The monoisotopic (exact) mass is 166 g/mol. The summed E-state index contributed by atoms with van der Waals surface area (Å²) in [4.78, 5) is 4.10. The predicted molar refractivity (Wildman–Crippen MR) is 45.8 cm³/mol. The van der Waals surface area contributed by atoms with E-state index in [0.717, 1.165) is 13.0 Å². The van der Waals surface area contributed by atoms with Gasteiger partial charge in [-0.15, -0.1) is 0 Å². The Labute approximate surface area is 72.0 Å². The molecule has 0 amide bonds. The summed E-state index contributed by atoms with van der Waals surface area (Å²) in [6.07, 6.45) is 4.91. The predicted octanol–water partition coefficient (Wildman–Crippen LogP) is 0.999. The Morgan fingerprint density at radius 2 is 2.58 bits per heavy atom. The van der Waals surface area contributed by atoms with Gasteiger partial charge >= 0.3 is 0 Å². The molecule has 1 aromatic heterocycles. The summed E-state index contributed by atoms with van der Waals surface area (Å²) in [5.41, 5.74) is 1.29. The fourth-order valence-corrected chi connectivity index (χ4v) is 1.72. The Bertz CT molecular complexity index is 269. The maximum absolute atomic E-state index is 8.91. The molecule has 0 bridgehead atoms. The number of nitrogens with zero attached hydrogens (tertiary/aromatic N) is 2. The number of hydrogen-bond donors (Lipinski definition) is 1. The Kier molecular flexibility index (Phi) is 1.89. The molecule has 1 N–H and O–H groups in total. The van der Waals surface area contributed by atoms with Crippen LogP contribution >= 0.6 is 0 Å². The summed E-state index contributed by atoms with van der Waals surface area (Å²) in [6, 6.07) is 0. The number of imidazole rings is 1. The summed E-state index contributed by atoms with van der Waals surface area (Å²) in [7, 11) is 0. The minimum Gasteiger partial charge on any atom is -0.396 e. The van der Waals surface area contributed by atoms with Crippen molar-refractivity contribution in [3.8, 4) is 0 Å². The standard InChI is InChI=1S/C9H14N2O/c1-2-11-6-10-4-9(11)8-3-7(8)5-12/h4,6-8,12H,2-3,5H2,1H3. The number of aryl methyl sites for hydroxylation is 1. The van der Waals surface area contributed by atoms with Crippen molar-refractivity contribution in [2.75, 3.05) is 6.61 Å². The van der Waals surface area contributed by atoms with E-state index in [0.29, 0.717) is 18.4 Å². The van der Waals surface area contributed by atoms with E-state index in [1.54, 1.807) is 0 Å². The number of hydrogen-bond acceptors (Lipinski definition) is 2. The maximum Gasteiger partial charge on any atom is 0.0948 e. The van der Waals surface area contributed by atoms with Crippen LogP contribution in [0.5, 0.6) is 0 Å². The van der Waals surface area contributed by atoms with Crippen LogP contribution in [0.3, 0.4) is 0 Å². The van der Waals surface area contributed by atoms with Gasteiger partial charge in [0, 0.05) is 31.0 Å². The van der Waals surface area contributed by atoms with E-state index in [1.165, 1.54) is 5.69 Å². The van der Waals surface area contributed by atoms with E-state index in [2.05, 4.69) is 16.5 Å². The highest BCUT2D eigenvalue weighted by atomic mass is 16.3. The van der Waals surface area contributed by atoms with Gasteiger partial charge in [-0.25, -0.2) is 4.98 Å². The second-order valence-corrected chi connectivity index (χ2v) is 3.39. The van der Waals surface area contributed by atoms with Gasteiger partial charge < -0.3 is 9.67 Å². The van der Waals surface area contributed by atoms with Crippen molar-refractivity contribution in [2.24, 2.45) is 5.92 Å². The molecule has 0 radical (unpaired) electrons. The molecule has 3 nitrogen and oxygen atoms in total. The van der Waals surface area contributed by atoms with Crippen molar-refractivity contribution in [2.45, 2.75) is 25.8 Å². The van der Waals surface area contributed by atoms with Crippen molar-refractivity contribution in [3.63, 3.8) is 0 Å². The average molecular weight is 166 g/mol. The molecular weight excluding hydrogens is 152 g/mol. The molecular formula is C9H14N2O. The number of aromatic nitrogens is 2. The molecule has 0 saturated heterocycles. The summed E-state index contributed by atoms with van der Waals surface area (Å²) in [5.74, 6) is 1.06. The maximum atomic E-state index is 8.91. The largest absolute Gasteiger partial charge is 0.396 e. The Balaban J connectivity index is 2.13. The van der Waals surface area contributed by atoms with Crippen molar-refractivity contribution >= 4 is 0 Å². The van der Waals surface area contributed by atoms with E-state index in [9.17, 15) is 0 Å². The van der Waals surface area contributed by atoms with Gasteiger partial charge in [0.1, 0.15) is 0 Å². The Hall–Kier alpha value is -0.830. The molecule has 1 aliphatic carbocycles. The van der Waals surface area contributed by atoms with Gasteiger partial charge in [0.2, 0.25) is 0 Å². The molecule has 1 fully saturated rings. The van der Waals surface area contributed by atoms with Crippen molar-refractivity contribution in [1.82, 2.24) is 9.55 Å². The van der Waals surface area contributed by atoms with Gasteiger partial charge in [-0.1, -0.05) is 0 Å². The molecule has 1 aliphatic rings. The third kappa shape index (κ3) is 1.14. The van der Waals surface area contributed by atoms with Crippen LogP contribution in [0.15, 0.2) is 12.5 Å². The summed E-state index contributed by atoms with van der Waals surface area (Å²) < 4.78 is 2.15. The highest BCUT2D eigenvalue weighted by Gasteiger charge is 2.39. The lowest BCUT2D eigenvalue weighted by atomic mass is 10.2. The lowest BCUT2D eigenvalue weighted by Gasteiger charge is -2.02. The first-order chi connectivity index (χ1) is 5.86. The van der Waals surface area contributed by atoms with E-state index in [1.807, 2.05) is 12.5 Å². The van der Waals surface area contributed by atoms with Crippen LogP contribution in [0.1, 0.15) is 25.0 Å². The molecule has 12 heavy (non-hydrogen) atoms. The smallest absolute Gasteiger partial charge is 0.0948 e. The lowest BCUT2D eigenvalue weighted by Crippen LogP contribution is -1.99. The summed E-state index contributed by atoms with van der Waals surface area (Å²) in [5, 5.41) is 8.91. The first kappa shape index (κ1) is 7.80. The molecule has 2 atom stereocenters. The summed E-state index contributed by atoms with van der Waals surface area (Å²) in [6.45, 7) is 3.41. The molecule has 3 heteroatoms. The van der Waals surface area contributed by atoms with Crippen LogP contribution in [0.25, 0.3) is 0 Å². The molecule has 2 unspecified atom stereocenters. The SMILES string of the molecule is CCn1cncc1C1CC1CO. The zero-order chi connectivity index (χ0) is 8.55. The molecule has 0 aromatic carbocycles. The van der Waals surface area contributed by atoms with Crippen molar-refractivity contribution in [1.29, 1.82) is 0 Å². The number of rotatable bonds is 3. The van der Waals surface area contributed by atoms with Crippen molar-refractivity contribution < 1.29 is 5.11 Å². The van der Waals surface area contributed by atoms with Gasteiger partial charge in [0.25, 0.3) is 0 Å². The van der Waals surface area contributed by atoms with Crippen LogP contribution in [0, 0.1) is 5.92 Å². The molecule has 2 rings (SSSR count). The Morgan fingerprint density at radius 1 is 1.75 bits per heavy atom. The van der Waals surface area contributed by atoms with Crippen LogP contribution in [-0.4, -0.2) is 21.3 Å². The van der Waals surface area contributed by atoms with Crippen LogP contribution < -0.4 is 0 Å². The minimum atomic E-state index is 0.319. The number of aliphatic hydroxyl groups is 1. The fourth-order valence-electron chi connectivity index (χ4n) is 1.72. The number of aliphatic hydroxyl groups excluding tert-OH is 1. The van der Waals surface area contributed by atoms with Gasteiger partial charge in [-0.2, -0.15) is 0 Å². The molecule has 1 aromatic rings.